The van der Waals surface area contributed by atoms with E-state index in [1.165, 1.54) is 4.90 Å². The number of carboxylic acid groups (broad SMARTS) is 1. The Balaban J connectivity index is 1.31. The van der Waals surface area contributed by atoms with Crippen molar-refractivity contribution in [3.05, 3.63) is 35.5 Å². The molecule has 2 aliphatic heterocycles. The molecule has 5 aliphatic carbocycles. The van der Waals surface area contributed by atoms with Crippen LogP contribution in [-0.4, -0.2) is 79.8 Å². The number of carboxylic acids is 1. The second-order valence-electron chi connectivity index (χ2n) is 15.2. The van der Waals surface area contributed by atoms with Crippen molar-refractivity contribution in [2.75, 3.05) is 39.8 Å². The van der Waals surface area contributed by atoms with E-state index in [2.05, 4.69) is 41.5 Å². The average Bonchev–Trinajstić information content (AvgIpc) is 3.39. The molecule has 44 heavy (non-hydrogen) atoms. The van der Waals surface area contributed by atoms with E-state index in [0.29, 0.717) is 49.5 Å². The summed E-state index contributed by atoms with van der Waals surface area (Å²) in [5.74, 6) is 1.25. The molecule has 2 saturated heterocycles. The van der Waals surface area contributed by atoms with Crippen LogP contribution in [0.15, 0.2) is 40.4 Å². The van der Waals surface area contributed by atoms with Gasteiger partial charge in [0.25, 0.3) is 5.96 Å². The van der Waals surface area contributed by atoms with Crippen LogP contribution in [0, 0.1) is 46.3 Å². The molecule has 12 unspecified atom stereocenters. The lowest BCUT2D eigenvalue weighted by Crippen LogP contribution is -3.19. The van der Waals surface area contributed by atoms with E-state index in [9.17, 15) is 20.1 Å². The van der Waals surface area contributed by atoms with Gasteiger partial charge in [0.1, 0.15) is 5.60 Å². The van der Waals surface area contributed by atoms with E-state index in [0.717, 1.165) is 63.7 Å². The summed E-state index contributed by atoms with van der Waals surface area (Å²) in [6.45, 7) is 5.27. The molecule has 242 valence electrons. The fourth-order valence-electron chi connectivity index (χ4n) is 12.1. The third-order valence-corrected chi connectivity index (χ3v) is 13.8. The summed E-state index contributed by atoms with van der Waals surface area (Å²) >= 11 is 0. The van der Waals surface area contributed by atoms with Gasteiger partial charge in [0, 0.05) is 42.3 Å². The monoisotopic (exact) mass is 608 g/mol. The van der Waals surface area contributed by atoms with Gasteiger partial charge in [-0.05, 0) is 87.5 Å². The molecule has 7 aliphatic rings. The molecule has 3 saturated carbocycles. The Morgan fingerprint density at radius 3 is 2.75 bits per heavy atom. The van der Waals surface area contributed by atoms with E-state index < -0.39 is 23.1 Å². The first-order chi connectivity index (χ1) is 21.2. The Hall–Kier alpha value is -2.04. The number of nitrogens with two attached hydrogens (primary N) is 1. The number of carbonyl (C=O) groups excluding carboxylic acids is 1. The van der Waals surface area contributed by atoms with Gasteiger partial charge < -0.3 is 35.9 Å². The molecule has 12 atom stereocenters. The summed E-state index contributed by atoms with van der Waals surface area (Å²) in [7, 11) is 1.74. The van der Waals surface area contributed by atoms with Gasteiger partial charge in [0.15, 0.2) is 0 Å². The number of likely N-dealkylation sites (tertiary alicyclic amines) is 1. The van der Waals surface area contributed by atoms with Crippen molar-refractivity contribution in [1.29, 1.82) is 0 Å². The molecule has 0 amide bonds. The normalized spacial score (nSPS) is 47.9. The molecule has 2 spiro atoms. The Kier molecular flexibility index (Phi) is 7.88. The summed E-state index contributed by atoms with van der Waals surface area (Å²) in [5, 5.41) is 39.3. The first-order valence-corrected chi connectivity index (χ1v) is 17.3. The van der Waals surface area contributed by atoms with Crippen molar-refractivity contribution in [2.24, 2.45) is 57.1 Å². The minimum absolute atomic E-state index is 0.0141. The van der Waals surface area contributed by atoms with Crippen LogP contribution in [0.4, 0.5) is 0 Å². The Bertz CT molecular complexity index is 1280. The van der Waals surface area contributed by atoms with Crippen molar-refractivity contribution >= 4 is 11.9 Å². The minimum atomic E-state index is -1.60. The smallest absolute Gasteiger partial charge is 0.293 e. The predicted octanol–water partition coefficient (Wildman–Crippen LogP) is 0.338. The van der Waals surface area contributed by atoms with Gasteiger partial charge in [-0.25, -0.2) is 4.99 Å². The molecule has 2 bridgehead atoms. The van der Waals surface area contributed by atoms with Crippen molar-refractivity contribution in [3.63, 3.8) is 0 Å². The number of rotatable bonds is 6. The molecule has 9 heteroatoms. The highest BCUT2D eigenvalue weighted by molar-refractivity contribution is 5.90. The number of ether oxygens (including phenoxy) is 1. The predicted molar refractivity (Wildman–Crippen MR) is 165 cm³/mol. The Morgan fingerprint density at radius 2 is 1.98 bits per heavy atom. The van der Waals surface area contributed by atoms with Crippen LogP contribution < -0.4 is 21.1 Å². The van der Waals surface area contributed by atoms with Crippen molar-refractivity contribution in [2.45, 2.75) is 82.5 Å². The number of aliphatic hydroxyl groups excluding tert-OH is 1. The molecule has 0 aromatic rings. The SMILES string of the molecule is CN=C(N)[NH+]1CCC(CNCCO)C2(C1)C1CCC(C)C23CC(O)(C2CCC4CCC5C=CC=CC5C4O2)C(C(=O)[O-])=C3C1. The van der Waals surface area contributed by atoms with E-state index >= 15 is 0 Å². The highest BCUT2D eigenvalue weighted by Gasteiger charge is 2.76. The van der Waals surface area contributed by atoms with Crippen LogP contribution in [0.1, 0.15) is 64.7 Å². The number of hydrogen-bond donors (Lipinski definition) is 5. The fraction of sp³-hybridized carbons (Fsp3) is 0.771. The van der Waals surface area contributed by atoms with E-state index in [1.807, 2.05) is 0 Å². The standard InChI is InChI=1S/C35H52N4O5/c1-21-7-11-24-17-27-29(31(41)42)35(43,28-12-10-23-9-8-22-5-3-4-6-26(22)30(23)44-28)19-33(21,27)34(24)20-39(32(36)37-2)15-13-25(34)18-38-14-16-40/h3-6,21-26,28,30,38,40,43H,7-20H2,1-2H3,(H2,36,37)(H,41,42). The maximum Gasteiger partial charge on any atom is 0.293 e. The third-order valence-electron chi connectivity index (χ3n) is 13.8. The first-order valence-electron chi connectivity index (χ1n) is 17.3. The Morgan fingerprint density at radius 1 is 1.18 bits per heavy atom. The zero-order chi connectivity index (χ0) is 30.9. The topological polar surface area (TPSA) is 145 Å². The maximum atomic E-state index is 13.3. The first kappa shape index (κ1) is 30.6. The lowest BCUT2D eigenvalue weighted by molar-refractivity contribution is -0.828. The van der Waals surface area contributed by atoms with Crippen molar-refractivity contribution in [3.8, 4) is 0 Å². The number of nitrogens with one attached hydrogen (secondary N) is 2. The summed E-state index contributed by atoms with van der Waals surface area (Å²) in [6, 6.07) is 0. The highest BCUT2D eigenvalue weighted by atomic mass is 16.5. The molecule has 0 aromatic carbocycles. The average molecular weight is 609 g/mol. The zero-order valence-corrected chi connectivity index (χ0v) is 26.5. The molecule has 0 aromatic heterocycles. The maximum absolute atomic E-state index is 13.3. The van der Waals surface area contributed by atoms with Crippen molar-refractivity contribution in [1.82, 2.24) is 5.32 Å². The number of guanidine groups is 1. The fourth-order valence-corrected chi connectivity index (χ4v) is 12.1. The molecule has 7 rings (SSSR count). The number of aliphatic carboxylic acids is 1. The molecule has 6 N–H and O–H groups in total. The lowest BCUT2D eigenvalue weighted by atomic mass is 9.45. The molecule has 2 heterocycles. The second-order valence-corrected chi connectivity index (χ2v) is 15.2. The summed E-state index contributed by atoms with van der Waals surface area (Å²) in [4.78, 5) is 18.9. The van der Waals surface area contributed by atoms with Gasteiger partial charge in [-0.1, -0.05) is 36.8 Å². The number of piperidine rings is 1. The van der Waals surface area contributed by atoms with Crippen LogP contribution >= 0.6 is 0 Å². The summed E-state index contributed by atoms with van der Waals surface area (Å²) in [6.07, 6.45) is 16.1. The van der Waals surface area contributed by atoms with Crippen LogP contribution in [0.25, 0.3) is 0 Å². The summed E-state index contributed by atoms with van der Waals surface area (Å²) < 4.78 is 6.98. The third kappa shape index (κ3) is 4.21. The van der Waals surface area contributed by atoms with Gasteiger partial charge in [-0.2, -0.15) is 0 Å². The highest BCUT2D eigenvalue weighted by Crippen LogP contribution is 2.77. The van der Waals surface area contributed by atoms with Crippen LogP contribution in [-0.2, 0) is 9.53 Å². The number of fused-ring (bicyclic) bond motifs is 3. The molecule has 0 radical (unpaired) electrons. The number of allylic oxidation sites excluding steroid dienone is 4. The molecule has 5 fully saturated rings. The quantitative estimate of drug-likeness (QED) is 0.166. The number of quaternary nitrogens is 1. The number of aliphatic hydroxyl groups is 2. The van der Waals surface area contributed by atoms with E-state index in [-0.39, 0.29) is 41.5 Å². The summed E-state index contributed by atoms with van der Waals surface area (Å²) in [5.41, 5.74) is 5.23. The van der Waals surface area contributed by atoms with Crippen molar-refractivity contribution < 1.29 is 29.8 Å². The largest absolute Gasteiger partial charge is 0.545 e. The number of carbonyl (C=O) groups is 1. The zero-order valence-electron chi connectivity index (χ0n) is 26.5. The molecular formula is C35H52N4O5. The van der Waals surface area contributed by atoms with Crippen LogP contribution in [0.2, 0.25) is 0 Å². The Labute approximate surface area is 261 Å². The van der Waals surface area contributed by atoms with Crippen LogP contribution in [0.5, 0.6) is 0 Å². The van der Waals surface area contributed by atoms with Gasteiger partial charge in [0.05, 0.1) is 37.9 Å². The van der Waals surface area contributed by atoms with Crippen LogP contribution in [0.3, 0.4) is 0 Å². The minimum Gasteiger partial charge on any atom is -0.545 e. The van der Waals surface area contributed by atoms with E-state index in [4.69, 9.17) is 10.5 Å². The number of aliphatic imine (C=N–C) groups is 1. The van der Waals surface area contributed by atoms with Gasteiger partial charge in [0.2, 0.25) is 0 Å². The lowest BCUT2D eigenvalue weighted by Gasteiger charge is -2.61. The van der Waals surface area contributed by atoms with Gasteiger partial charge >= 0.3 is 0 Å². The second kappa shape index (κ2) is 11.3. The number of hydrogen-bond acceptors (Lipinski definition) is 7. The molecule has 9 nitrogen and oxygen atoms in total. The van der Waals surface area contributed by atoms with Gasteiger partial charge in [-0.3, -0.25) is 4.90 Å². The molecular weight excluding hydrogens is 556 g/mol. The van der Waals surface area contributed by atoms with E-state index in [1.54, 1.807) is 7.05 Å². The van der Waals surface area contributed by atoms with Gasteiger partial charge in [-0.15, -0.1) is 0 Å². The number of nitrogens with zero attached hydrogens (tertiary/aromatic N) is 1.